The third-order valence-electron chi connectivity index (χ3n) is 2.72. The van der Waals surface area contributed by atoms with Crippen molar-refractivity contribution < 1.29 is 9.59 Å². The number of aromatic nitrogens is 1. The Hall–Kier alpha value is -2.49. The molecule has 2 rings (SSSR count). The van der Waals surface area contributed by atoms with Crippen LogP contribution in [0.15, 0.2) is 54.9 Å². The van der Waals surface area contributed by atoms with Gasteiger partial charge in [0.25, 0.3) is 5.91 Å². The molecule has 0 aliphatic rings. The van der Waals surface area contributed by atoms with Crippen molar-refractivity contribution in [2.24, 2.45) is 0 Å². The number of rotatable bonds is 4. The van der Waals surface area contributed by atoms with Crippen LogP contribution in [-0.4, -0.2) is 22.7 Å². The van der Waals surface area contributed by atoms with Gasteiger partial charge < -0.3 is 5.32 Å². The number of ketones is 1. The standard InChI is InChI=1S/C15H14N2O2/c1-11(14(18)13-8-5-9-16-10-13)17-15(19)12-6-3-2-4-7-12/h2-11H,1H3,(H,17,19). The molecule has 0 spiro atoms. The molecule has 1 unspecified atom stereocenters. The van der Waals surface area contributed by atoms with E-state index in [4.69, 9.17) is 0 Å². The maximum atomic E-state index is 12.1. The first-order valence-electron chi connectivity index (χ1n) is 5.98. The number of pyridine rings is 1. The molecule has 1 atom stereocenters. The van der Waals surface area contributed by atoms with Crippen LogP contribution in [-0.2, 0) is 0 Å². The maximum absolute atomic E-state index is 12.1. The molecule has 1 aromatic heterocycles. The highest BCUT2D eigenvalue weighted by molar-refractivity contribution is 6.03. The zero-order valence-electron chi connectivity index (χ0n) is 10.5. The Bertz CT molecular complexity index is 567. The van der Waals surface area contributed by atoms with Crippen LogP contribution >= 0.6 is 0 Å². The van der Waals surface area contributed by atoms with Crippen molar-refractivity contribution in [2.45, 2.75) is 13.0 Å². The smallest absolute Gasteiger partial charge is 0.251 e. The molecular weight excluding hydrogens is 240 g/mol. The van der Waals surface area contributed by atoms with Gasteiger partial charge in [0.05, 0.1) is 6.04 Å². The van der Waals surface area contributed by atoms with Gasteiger partial charge in [-0.3, -0.25) is 14.6 Å². The van der Waals surface area contributed by atoms with E-state index < -0.39 is 6.04 Å². The number of Topliss-reactive ketones (excluding diaryl/α,β-unsaturated/α-hetero) is 1. The number of nitrogens with zero attached hydrogens (tertiary/aromatic N) is 1. The summed E-state index contributed by atoms with van der Waals surface area (Å²) in [6.45, 7) is 1.66. The van der Waals surface area contributed by atoms with Crippen LogP contribution in [0.2, 0.25) is 0 Å². The van der Waals surface area contributed by atoms with Gasteiger partial charge in [-0.2, -0.15) is 0 Å². The molecule has 1 heterocycles. The largest absolute Gasteiger partial charge is 0.342 e. The van der Waals surface area contributed by atoms with E-state index in [1.807, 2.05) is 6.07 Å². The summed E-state index contributed by atoms with van der Waals surface area (Å²) in [4.78, 5) is 27.9. The van der Waals surface area contributed by atoms with E-state index in [1.54, 1.807) is 49.5 Å². The third kappa shape index (κ3) is 3.25. The van der Waals surface area contributed by atoms with Gasteiger partial charge in [-0.1, -0.05) is 18.2 Å². The second-order valence-electron chi connectivity index (χ2n) is 4.17. The highest BCUT2D eigenvalue weighted by atomic mass is 16.2. The van der Waals surface area contributed by atoms with Gasteiger partial charge in [0.1, 0.15) is 0 Å². The van der Waals surface area contributed by atoms with Crippen molar-refractivity contribution >= 4 is 11.7 Å². The Morgan fingerprint density at radius 2 is 1.74 bits per heavy atom. The first-order chi connectivity index (χ1) is 9.18. The number of hydrogen-bond donors (Lipinski definition) is 1. The van der Waals surface area contributed by atoms with Crippen molar-refractivity contribution in [1.82, 2.24) is 10.3 Å². The van der Waals surface area contributed by atoms with E-state index in [1.165, 1.54) is 6.20 Å². The maximum Gasteiger partial charge on any atom is 0.251 e. The minimum atomic E-state index is -0.586. The fourth-order valence-corrected chi connectivity index (χ4v) is 1.69. The highest BCUT2D eigenvalue weighted by Gasteiger charge is 2.17. The fraction of sp³-hybridized carbons (Fsp3) is 0.133. The Labute approximate surface area is 111 Å². The van der Waals surface area contributed by atoms with Crippen LogP contribution in [0.3, 0.4) is 0 Å². The van der Waals surface area contributed by atoms with E-state index in [9.17, 15) is 9.59 Å². The summed E-state index contributed by atoms with van der Waals surface area (Å²) in [5.41, 5.74) is 1.02. The summed E-state index contributed by atoms with van der Waals surface area (Å²) in [7, 11) is 0. The Balaban J connectivity index is 2.04. The molecule has 1 aromatic carbocycles. The molecule has 0 saturated heterocycles. The van der Waals surface area contributed by atoms with Gasteiger partial charge in [-0.25, -0.2) is 0 Å². The predicted molar refractivity (Wildman–Crippen MR) is 71.9 cm³/mol. The molecule has 0 bridgehead atoms. The number of carbonyl (C=O) groups excluding carboxylic acids is 2. The summed E-state index contributed by atoms with van der Waals surface area (Å²) in [6.07, 6.45) is 3.09. The lowest BCUT2D eigenvalue weighted by molar-refractivity contribution is 0.0865. The van der Waals surface area contributed by atoms with Crippen molar-refractivity contribution in [3.05, 3.63) is 66.0 Å². The predicted octanol–water partition coefficient (Wildman–Crippen LogP) is 2.08. The van der Waals surface area contributed by atoms with Crippen LogP contribution in [0, 0.1) is 0 Å². The summed E-state index contributed by atoms with van der Waals surface area (Å²) >= 11 is 0. The van der Waals surface area contributed by atoms with E-state index in [0.29, 0.717) is 11.1 Å². The van der Waals surface area contributed by atoms with Crippen molar-refractivity contribution in [3.63, 3.8) is 0 Å². The number of hydrogen-bond acceptors (Lipinski definition) is 3. The summed E-state index contributed by atoms with van der Waals surface area (Å²) in [5, 5.41) is 2.68. The molecule has 4 heteroatoms. The number of benzene rings is 1. The lowest BCUT2D eigenvalue weighted by Crippen LogP contribution is -2.38. The van der Waals surface area contributed by atoms with Gasteiger partial charge in [-0.05, 0) is 31.2 Å². The molecule has 0 aliphatic carbocycles. The van der Waals surface area contributed by atoms with E-state index in [0.717, 1.165) is 0 Å². The second-order valence-corrected chi connectivity index (χ2v) is 4.17. The second kappa shape index (κ2) is 5.91. The van der Waals surface area contributed by atoms with Crippen molar-refractivity contribution in [3.8, 4) is 0 Å². The molecule has 96 valence electrons. The average molecular weight is 254 g/mol. The highest BCUT2D eigenvalue weighted by Crippen LogP contribution is 2.04. The third-order valence-corrected chi connectivity index (χ3v) is 2.72. The summed E-state index contributed by atoms with van der Waals surface area (Å²) in [6, 6.07) is 11.6. The van der Waals surface area contributed by atoms with Crippen LogP contribution in [0.1, 0.15) is 27.6 Å². The molecule has 19 heavy (non-hydrogen) atoms. The number of amides is 1. The molecule has 0 fully saturated rings. The van der Waals surface area contributed by atoms with Gasteiger partial charge in [0, 0.05) is 23.5 Å². The molecule has 1 N–H and O–H groups in total. The lowest BCUT2D eigenvalue weighted by atomic mass is 10.1. The zero-order valence-corrected chi connectivity index (χ0v) is 10.5. The topological polar surface area (TPSA) is 59.1 Å². The first kappa shape index (κ1) is 13.0. The van der Waals surface area contributed by atoms with Crippen LogP contribution < -0.4 is 5.32 Å². The SMILES string of the molecule is CC(NC(=O)c1ccccc1)C(=O)c1cccnc1. The molecule has 2 aromatic rings. The molecule has 4 nitrogen and oxygen atoms in total. The van der Waals surface area contributed by atoms with Gasteiger partial charge in [-0.15, -0.1) is 0 Å². The summed E-state index contributed by atoms with van der Waals surface area (Å²) < 4.78 is 0. The van der Waals surface area contributed by atoms with Gasteiger partial charge in [0.15, 0.2) is 5.78 Å². The minimum Gasteiger partial charge on any atom is -0.342 e. The first-order valence-corrected chi connectivity index (χ1v) is 5.98. The van der Waals surface area contributed by atoms with E-state index in [-0.39, 0.29) is 11.7 Å². The fourth-order valence-electron chi connectivity index (χ4n) is 1.69. The Morgan fingerprint density at radius 3 is 2.37 bits per heavy atom. The van der Waals surface area contributed by atoms with Gasteiger partial charge in [0.2, 0.25) is 0 Å². The average Bonchev–Trinajstić information content (AvgIpc) is 2.48. The van der Waals surface area contributed by atoms with Crippen LogP contribution in [0.4, 0.5) is 0 Å². The quantitative estimate of drug-likeness (QED) is 0.850. The molecule has 0 radical (unpaired) electrons. The Kier molecular flexibility index (Phi) is 4.03. The van der Waals surface area contributed by atoms with Crippen LogP contribution in [0.25, 0.3) is 0 Å². The molecule has 1 amide bonds. The van der Waals surface area contributed by atoms with E-state index >= 15 is 0 Å². The normalized spacial score (nSPS) is 11.6. The zero-order chi connectivity index (χ0) is 13.7. The minimum absolute atomic E-state index is 0.155. The summed E-state index contributed by atoms with van der Waals surface area (Å²) in [5.74, 6) is -0.414. The number of carbonyl (C=O) groups is 2. The monoisotopic (exact) mass is 254 g/mol. The lowest BCUT2D eigenvalue weighted by Gasteiger charge is -2.12. The Morgan fingerprint density at radius 1 is 1.05 bits per heavy atom. The van der Waals surface area contributed by atoms with Crippen LogP contribution in [0.5, 0.6) is 0 Å². The van der Waals surface area contributed by atoms with Gasteiger partial charge >= 0.3 is 0 Å². The molecule has 0 aliphatic heterocycles. The van der Waals surface area contributed by atoms with Crippen molar-refractivity contribution in [2.75, 3.05) is 0 Å². The molecule has 0 saturated carbocycles. The van der Waals surface area contributed by atoms with E-state index in [2.05, 4.69) is 10.3 Å². The molecular formula is C15H14N2O2. The number of nitrogens with one attached hydrogen (secondary N) is 1. The van der Waals surface area contributed by atoms with Crippen molar-refractivity contribution in [1.29, 1.82) is 0 Å².